The molecule has 6 nitrogen and oxygen atoms in total. The number of rotatable bonds is 10. The predicted molar refractivity (Wildman–Crippen MR) is 119 cm³/mol. The van der Waals surface area contributed by atoms with Crippen LogP contribution in [0.2, 0.25) is 0 Å². The van der Waals surface area contributed by atoms with Crippen molar-refractivity contribution in [2.24, 2.45) is 0 Å². The Balaban J connectivity index is 1.91. The number of nitrogens with zero attached hydrogens (tertiary/aromatic N) is 3. The Kier molecular flexibility index (Phi) is 7.30. The minimum atomic E-state index is -0.281. The molecular formula is C23H25N3O3S. The van der Waals surface area contributed by atoms with Gasteiger partial charge in [-0.3, -0.25) is 9.36 Å². The van der Waals surface area contributed by atoms with Crippen molar-refractivity contribution in [1.82, 2.24) is 14.8 Å². The number of para-hydroxylation sites is 1. The van der Waals surface area contributed by atoms with Crippen LogP contribution in [0.25, 0.3) is 11.4 Å². The third-order valence-electron chi connectivity index (χ3n) is 4.66. The van der Waals surface area contributed by atoms with Crippen molar-refractivity contribution >= 4 is 17.5 Å². The number of carbonyl (C=O) groups is 1. The van der Waals surface area contributed by atoms with Gasteiger partial charge in [-0.15, -0.1) is 16.8 Å². The van der Waals surface area contributed by atoms with Crippen LogP contribution >= 0.6 is 11.8 Å². The van der Waals surface area contributed by atoms with Crippen molar-refractivity contribution in [2.75, 3.05) is 14.2 Å². The second-order valence-corrected chi connectivity index (χ2v) is 7.68. The van der Waals surface area contributed by atoms with E-state index in [2.05, 4.69) is 16.8 Å². The summed E-state index contributed by atoms with van der Waals surface area (Å²) < 4.78 is 12.6. The van der Waals surface area contributed by atoms with Crippen molar-refractivity contribution in [3.05, 3.63) is 66.7 Å². The topological polar surface area (TPSA) is 66.2 Å². The molecule has 0 bridgehead atoms. The molecule has 7 heteroatoms. The van der Waals surface area contributed by atoms with Gasteiger partial charge in [-0.05, 0) is 42.8 Å². The molecule has 0 radical (unpaired) electrons. The number of methoxy groups -OCH3 is 2. The van der Waals surface area contributed by atoms with Crippen LogP contribution in [0.4, 0.5) is 0 Å². The van der Waals surface area contributed by atoms with Gasteiger partial charge in [0.25, 0.3) is 0 Å². The third-order valence-corrected chi connectivity index (χ3v) is 6.01. The molecule has 0 saturated heterocycles. The number of allylic oxidation sites excluding steroid dienone is 1. The third kappa shape index (κ3) is 4.57. The molecule has 3 aromatic rings. The van der Waals surface area contributed by atoms with E-state index in [9.17, 15) is 4.79 Å². The zero-order valence-corrected chi connectivity index (χ0v) is 18.2. The largest absolute Gasteiger partial charge is 0.497 e. The van der Waals surface area contributed by atoms with Crippen LogP contribution < -0.4 is 9.47 Å². The second-order valence-electron chi connectivity index (χ2n) is 6.51. The smallest absolute Gasteiger partial charge is 0.192 e. The summed E-state index contributed by atoms with van der Waals surface area (Å²) >= 11 is 1.42. The Morgan fingerprint density at radius 3 is 2.50 bits per heavy atom. The normalized spacial score (nSPS) is 11.7. The average molecular weight is 424 g/mol. The lowest BCUT2D eigenvalue weighted by molar-refractivity contribution is 0.0988. The van der Waals surface area contributed by atoms with Gasteiger partial charge in [0.05, 0.1) is 25.0 Å². The van der Waals surface area contributed by atoms with Crippen molar-refractivity contribution in [3.63, 3.8) is 0 Å². The second kappa shape index (κ2) is 10.1. The molecule has 0 N–H and O–H groups in total. The highest BCUT2D eigenvalue weighted by atomic mass is 32.2. The maximum absolute atomic E-state index is 13.1. The first-order chi connectivity index (χ1) is 14.6. The minimum absolute atomic E-state index is 0.0529. The lowest BCUT2D eigenvalue weighted by Crippen LogP contribution is -2.17. The first-order valence-corrected chi connectivity index (χ1v) is 10.5. The van der Waals surface area contributed by atoms with Crippen molar-refractivity contribution in [1.29, 1.82) is 0 Å². The molecular weight excluding hydrogens is 398 g/mol. The number of ether oxygens (including phenoxy) is 2. The number of Topliss-reactive ketones (excluding diaryl/α,β-unsaturated/α-hetero) is 1. The molecule has 0 aliphatic heterocycles. The molecule has 1 heterocycles. The predicted octanol–water partition coefficient (Wildman–Crippen LogP) is 4.90. The Bertz CT molecular complexity index is 1010. The number of ketones is 1. The van der Waals surface area contributed by atoms with E-state index in [1.54, 1.807) is 44.6 Å². The first-order valence-electron chi connectivity index (χ1n) is 9.65. The summed E-state index contributed by atoms with van der Waals surface area (Å²) in [4.78, 5) is 13.1. The van der Waals surface area contributed by atoms with Crippen molar-refractivity contribution < 1.29 is 14.3 Å². The van der Waals surface area contributed by atoms with Gasteiger partial charge < -0.3 is 9.47 Å². The molecule has 3 rings (SSSR count). The van der Waals surface area contributed by atoms with Crippen LogP contribution in [-0.4, -0.2) is 40.0 Å². The monoisotopic (exact) mass is 423 g/mol. The van der Waals surface area contributed by atoms with Gasteiger partial charge in [-0.25, -0.2) is 0 Å². The molecule has 0 amide bonds. The van der Waals surface area contributed by atoms with Crippen LogP contribution in [0, 0.1) is 0 Å². The zero-order chi connectivity index (χ0) is 21.5. The van der Waals surface area contributed by atoms with Gasteiger partial charge in [-0.1, -0.05) is 36.9 Å². The quantitative estimate of drug-likeness (QED) is 0.262. The fourth-order valence-electron chi connectivity index (χ4n) is 3.09. The van der Waals surface area contributed by atoms with Crippen LogP contribution in [0.3, 0.4) is 0 Å². The van der Waals surface area contributed by atoms with E-state index in [1.165, 1.54) is 11.8 Å². The SMILES string of the molecule is C=CCn1c(SC(CC)C(=O)c2ccc(OC)cc2)nnc1-c1ccccc1OC. The summed E-state index contributed by atoms with van der Waals surface area (Å²) in [5, 5.41) is 9.16. The minimum Gasteiger partial charge on any atom is -0.497 e. The Morgan fingerprint density at radius 2 is 1.87 bits per heavy atom. The zero-order valence-electron chi connectivity index (χ0n) is 17.4. The lowest BCUT2D eigenvalue weighted by atomic mass is 10.1. The Hall–Kier alpha value is -3.06. The van der Waals surface area contributed by atoms with Crippen molar-refractivity contribution in [2.45, 2.75) is 30.3 Å². The van der Waals surface area contributed by atoms with E-state index in [0.717, 1.165) is 11.3 Å². The molecule has 1 atom stereocenters. The number of thioether (sulfide) groups is 1. The number of hydrogen-bond acceptors (Lipinski definition) is 6. The number of aromatic nitrogens is 3. The number of carbonyl (C=O) groups excluding carboxylic acids is 1. The highest BCUT2D eigenvalue weighted by molar-refractivity contribution is 8.00. The van der Waals surface area contributed by atoms with Crippen LogP contribution in [0.1, 0.15) is 23.7 Å². The van der Waals surface area contributed by atoms with Gasteiger partial charge >= 0.3 is 0 Å². The molecule has 0 spiro atoms. The van der Waals surface area contributed by atoms with Gasteiger partial charge in [0.1, 0.15) is 11.5 Å². The molecule has 1 aromatic heterocycles. The summed E-state index contributed by atoms with van der Waals surface area (Å²) in [5.41, 5.74) is 1.49. The summed E-state index contributed by atoms with van der Waals surface area (Å²) in [7, 11) is 3.23. The maximum Gasteiger partial charge on any atom is 0.192 e. The highest BCUT2D eigenvalue weighted by Crippen LogP contribution is 2.33. The Morgan fingerprint density at radius 1 is 1.13 bits per heavy atom. The molecule has 30 heavy (non-hydrogen) atoms. The Labute approximate surface area is 180 Å². The molecule has 0 aliphatic carbocycles. The van der Waals surface area contributed by atoms with Crippen molar-refractivity contribution in [3.8, 4) is 22.9 Å². The van der Waals surface area contributed by atoms with E-state index in [0.29, 0.717) is 35.3 Å². The molecule has 2 aromatic carbocycles. The fraction of sp³-hybridized carbons (Fsp3) is 0.261. The van der Waals surface area contributed by atoms with Gasteiger partial charge in [0.2, 0.25) is 0 Å². The number of benzene rings is 2. The summed E-state index contributed by atoms with van der Waals surface area (Å²) in [6.45, 7) is 6.37. The highest BCUT2D eigenvalue weighted by Gasteiger charge is 2.24. The van der Waals surface area contributed by atoms with Crippen LogP contribution in [-0.2, 0) is 6.54 Å². The lowest BCUT2D eigenvalue weighted by Gasteiger charge is -2.15. The average Bonchev–Trinajstić information content (AvgIpc) is 3.19. The van der Waals surface area contributed by atoms with Gasteiger partial charge in [-0.2, -0.15) is 0 Å². The summed E-state index contributed by atoms with van der Waals surface area (Å²) in [6.07, 6.45) is 2.46. The fourth-order valence-corrected chi connectivity index (χ4v) is 4.13. The maximum atomic E-state index is 13.1. The summed E-state index contributed by atoms with van der Waals surface area (Å²) in [5.74, 6) is 2.17. The molecule has 0 fully saturated rings. The van der Waals surface area contributed by atoms with E-state index in [4.69, 9.17) is 9.47 Å². The molecule has 0 saturated carbocycles. The van der Waals surface area contributed by atoms with E-state index in [-0.39, 0.29) is 11.0 Å². The number of hydrogen-bond donors (Lipinski definition) is 0. The van der Waals surface area contributed by atoms with E-state index < -0.39 is 0 Å². The molecule has 0 aliphatic rings. The van der Waals surface area contributed by atoms with Crippen LogP contribution in [0.15, 0.2) is 66.3 Å². The standard InChI is InChI=1S/C23H25N3O3S/c1-5-15-26-22(18-9-7-8-10-19(18)29-4)24-25-23(26)30-20(6-2)21(27)16-11-13-17(28-3)14-12-16/h5,7-14,20H,1,6,15H2,2-4H3. The van der Waals surface area contributed by atoms with E-state index in [1.807, 2.05) is 35.8 Å². The van der Waals surface area contributed by atoms with Gasteiger partial charge in [0.15, 0.2) is 16.8 Å². The molecule has 156 valence electrons. The van der Waals surface area contributed by atoms with E-state index >= 15 is 0 Å². The molecule has 1 unspecified atom stereocenters. The van der Waals surface area contributed by atoms with Crippen LogP contribution in [0.5, 0.6) is 11.5 Å². The van der Waals surface area contributed by atoms with Gasteiger partial charge in [0, 0.05) is 12.1 Å². The first kappa shape index (κ1) is 21.6. The summed E-state index contributed by atoms with van der Waals surface area (Å²) in [6, 6.07) is 14.8.